The molecule has 0 fully saturated rings. The van der Waals surface area contributed by atoms with Crippen LogP contribution in [0.4, 0.5) is 11.4 Å². The average Bonchev–Trinajstić information content (AvgIpc) is 3.31. The molecule has 0 aliphatic carbocycles. The molecule has 0 atom stereocenters. The summed E-state index contributed by atoms with van der Waals surface area (Å²) in [7, 11) is -3.76. The minimum atomic E-state index is -3.76. The molecule has 1 N–H and O–H groups in total. The fourth-order valence-corrected chi connectivity index (χ4v) is 4.74. The number of para-hydroxylation sites is 2. The number of sulfonamides is 1. The molecule has 0 bridgehead atoms. The summed E-state index contributed by atoms with van der Waals surface area (Å²) in [4.78, 5) is 16.3. The van der Waals surface area contributed by atoms with E-state index >= 15 is 0 Å². The molecule has 1 aliphatic heterocycles. The molecule has 28 heavy (non-hydrogen) atoms. The van der Waals surface area contributed by atoms with Gasteiger partial charge in [-0.3, -0.25) is 9.10 Å². The SMILES string of the molecule is Cc1ccccc1NC(=O)Cn1cnc(S(=O)(=O)N2CCc3ccccc32)c1. The Hall–Kier alpha value is -3.13. The summed E-state index contributed by atoms with van der Waals surface area (Å²) in [5, 5.41) is 2.77. The highest BCUT2D eigenvalue weighted by molar-refractivity contribution is 7.92. The summed E-state index contributed by atoms with van der Waals surface area (Å²) >= 11 is 0. The van der Waals surface area contributed by atoms with Crippen molar-refractivity contribution in [2.75, 3.05) is 16.2 Å². The normalized spacial score (nSPS) is 13.4. The molecule has 2 aromatic carbocycles. The Labute approximate surface area is 163 Å². The third-order valence-corrected chi connectivity index (χ3v) is 6.45. The lowest BCUT2D eigenvalue weighted by molar-refractivity contribution is -0.116. The zero-order chi connectivity index (χ0) is 19.7. The number of aromatic nitrogens is 2. The van der Waals surface area contributed by atoms with E-state index in [1.54, 1.807) is 6.07 Å². The van der Waals surface area contributed by atoms with Crippen molar-refractivity contribution in [3.8, 4) is 0 Å². The summed E-state index contributed by atoms with van der Waals surface area (Å²) in [6.45, 7) is 2.28. The van der Waals surface area contributed by atoms with E-state index in [0.717, 1.165) is 16.8 Å². The van der Waals surface area contributed by atoms with Gasteiger partial charge in [-0.25, -0.2) is 4.98 Å². The van der Waals surface area contributed by atoms with Crippen LogP contribution in [0.5, 0.6) is 0 Å². The van der Waals surface area contributed by atoms with Crippen molar-refractivity contribution in [3.63, 3.8) is 0 Å². The van der Waals surface area contributed by atoms with Crippen LogP contribution in [0.15, 0.2) is 66.1 Å². The predicted octanol–water partition coefficient (Wildman–Crippen LogP) is 2.58. The maximum atomic E-state index is 13.0. The molecule has 2 heterocycles. The van der Waals surface area contributed by atoms with Crippen molar-refractivity contribution < 1.29 is 13.2 Å². The number of anilines is 2. The molecular weight excluding hydrogens is 376 g/mol. The summed E-state index contributed by atoms with van der Waals surface area (Å²) in [6.07, 6.45) is 3.44. The molecule has 7 nitrogen and oxygen atoms in total. The van der Waals surface area contributed by atoms with Crippen molar-refractivity contribution in [3.05, 3.63) is 72.2 Å². The van der Waals surface area contributed by atoms with Gasteiger partial charge in [0.1, 0.15) is 6.54 Å². The average molecular weight is 396 g/mol. The van der Waals surface area contributed by atoms with E-state index in [4.69, 9.17) is 0 Å². The first kappa shape index (κ1) is 18.2. The van der Waals surface area contributed by atoms with Crippen LogP contribution >= 0.6 is 0 Å². The number of benzene rings is 2. The molecule has 1 aromatic heterocycles. The van der Waals surface area contributed by atoms with E-state index in [1.165, 1.54) is 21.4 Å². The first-order chi connectivity index (χ1) is 13.4. The number of carbonyl (C=O) groups is 1. The lowest BCUT2D eigenvalue weighted by Gasteiger charge is -2.17. The topological polar surface area (TPSA) is 84.3 Å². The van der Waals surface area contributed by atoms with E-state index in [9.17, 15) is 13.2 Å². The molecule has 0 spiro atoms. The predicted molar refractivity (Wildman–Crippen MR) is 107 cm³/mol. The van der Waals surface area contributed by atoms with Crippen molar-refractivity contribution >= 4 is 27.3 Å². The summed E-state index contributed by atoms with van der Waals surface area (Å²) in [5.41, 5.74) is 3.38. The summed E-state index contributed by atoms with van der Waals surface area (Å²) < 4.78 is 28.8. The molecule has 0 radical (unpaired) electrons. The number of carbonyl (C=O) groups excluding carboxylic acids is 1. The van der Waals surface area contributed by atoms with E-state index in [1.807, 2.05) is 49.4 Å². The quantitative estimate of drug-likeness (QED) is 0.718. The van der Waals surface area contributed by atoms with E-state index in [0.29, 0.717) is 18.7 Å². The van der Waals surface area contributed by atoms with Crippen molar-refractivity contribution in [1.82, 2.24) is 9.55 Å². The lowest BCUT2D eigenvalue weighted by Crippen LogP contribution is -2.29. The lowest BCUT2D eigenvalue weighted by atomic mass is 10.2. The van der Waals surface area contributed by atoms with E-state index < -0.39 is 10.0 Å². The maximum absolute atomic E-state index is 13.0. The fourth-order valence-electron chi connectivity index (χ4n) is 3.30. The van der Waals surface area contributed by atoms with Crippen LogP contribution in [0.1, 0.15) is 11.1 Å². The largest absolute Gasteiger partial charge is 0.327 e. The van der Waals surface area contributed by atoms with Gasteiger partial charge >= 0.3 is 0 Å². The van der Waals surface area contributed by atoms with Gasteiger partial charge in [0, 0.05) is 18.4 Å². The minimum Gasteiger partial charge on any atom is -0.327 e. The van der Waals surface area contributed by atoms with Gasteiger partial charge in [0.2, 0.25) is 5.91 Å². The molecule has 3 aromatic rings. The van der Waals surface area contributed by atoms with Crippen LogP contribution in [-0.4, -0.2) is 30.4 Å². The van der Waals surface area contributed by atoms with Gasteiger partial charge < -0.3 is 9.88 Å². The van der Waals surface area contributed by atoms with E-state index in [-0.39, 0.29) is 17.5 Å². The Kier molecular flexibility index (Phi) is 4.64. The van der Waals surface area contributed by atoms with Gasteiger partial charge in [-0.15, -0.1) is 0 Å². The highest BCUT2D eigenvalue weighted by atomic mass is 32.2. The Morgan fingerprint density at radius 3 is 2.71 bits per heavy atom. The maximum Gasteiger partial charge on any atom is 0.283 e. The number of imidazole rings is 1. The number of nitrogens with one attached hydrogen (secondary N) is 1. The van der Waals surface area contributed by atoms with E-state index in [2.05, 4.69) is 10.3 Å². The number of hydrogen-bond donors (Lipinski definition) is 1. The molecule has 1 aliphatic rings. The number of amides is 1. The van der Waals surface area contributed by atoms with Crippen LogP contribution in [0, 0.1) is 6.92 Å². The Morgan fingerprint density at radius 2 is 1.89 bits per heavy atom. The first-order valence-corrected chi connectivity index (χ1v) is 10.4. The van der Waals surface area contributed by atoms with Gasteiger partial charge in [-0.2, -0.15) is 8.42 Å². The monoisotopic (exact) mass is 396 g/mol. The molecule has 8 heteroatoms. The third-order valence-electron chi connectivity index (χ3n) is 4.75. The van der Waals surface area contributed by atoms with Crippen LogP contribution in [-0.2, 0) is 27.8 Å². The van der Waals surface area contributed by atoms with Crippen LogP contribution in [0.25, 0.3) is 0 Å². The zero-order valence-corrected chi connectivity index (χ0v) is 16.2. The molecule has 0 saturated carbocycles. The molecule has 144 valence electrons. The number of rotatable bonds is 5. The minimum absolute atomic E-state index is 0.0204. The molecule has 4 rings (SSSR count). The number of fused-ring (bicyclic) bond motifs is 1. The second-order valence-corrected chi connectivity index (χ2v) is 8.51. The second kappa shape index (κ2) is 7.12. The highest BCUT2D eigenvalue weighted by Crippen LogP contribution is 2.32. The summed E-state index contributed by atoms with van der Waals surface area (Å²) in [6, 6.07) is 14.9. The van der Waals surface area contributed by atoms with Crippen molar-refractivity contribution in [2.24, 2.45) is 0 Å². The number of aryl methyl sites for hydroxylation is 1. The third kappa shape index (κ3) is 3.38. The van der Waals surface area contributed by atoms with Gasteiger partial charge in [0.05, 0.1) is 12.0 Å². The molecule has 1 amide bonds. The summed E-state index contributed by atoms with van der Waals surface area (Å²) in [5.74, 6) is -0.248. The smallest absolute Gasteiger partial charge is 0.283 e. The highest BCUT2D eigenvalue weighted by Gasteiger charge is 2.32. The van der Waals surface area contributed by atoms with Crippen molar-refractivity contribution in [1.29, 1.82) is 0 Å². The van der Waals surface area contributed by atoms with Gasteiger partial charge in [-0.05, 0) is 36.6 Å². The molecule has 0 unspecified atom stereocenters. The molecular formula is C20H20N4O3S. The fraction of sp³-hybridized carbons (Fsp3) is 0.200. The second-order valence-electron chi connectivity index (χ2n) is 6.70. The van der Waals surface area contributed by atoms with Gasteiger partial charge in [-0.1, -0.05) is 36.4 Å². The van der Waals surface area contributed by atoms with Gasteiger partial charge in [0.15, 0.2) is 5.03 Å². The standard InChI is InChI=1S/C20H20N4O3S/c1-15-6-2-4-8-17(15)22-19(25)12-23-13-20(21-14-23)28(26,27)24-11-10-16-7-3-5-9-18(16)24/h2-9,13-14H,10-12H2,1H3,(H,22,25). The van der Waals surface area contributed by atoms with Crippen LogP contribution in [0.2, 0.25) is 0 Å². The van der Waals surface area contributed by atoms with Gasteiger partial charge in [0.25, 0.3) is 10.0 Å². The zero-order valence-electron chi connectivity index (χ0n) is 15.4. The first-order valence-electron chi connectivity index (χ1n) is 8.93. The number of nitrogens with zero attached hydrogens (tertiary/aromatic N) is 3. The Bertz CT molecular complexity index is 1140. The van der Waals surface area contributed by atoms with Crippen molar-refractivity contribution in [2.45, 2.75) is 24.9 Å². The number of hydrogen-bond acceptors (Lipinski definition) is 4. The Morgan fingerprint density at radius 1 is 1.14 bits per heavy atom. The van der Waals surface area contributed by atoms with Crippen LogP contribution in [0.3, 0.4) is 0 Å². The van der Waals surface area contributed by atoms with Crippen LogP contribution < -0.4 is 9.62 Å². The molecule has 0 saturated heterocycles. The Balaban J connectivity index is 1.50.